The van der Waals surface area contributed by atoms with Gasteiger partial charge in [-0.25, -0.2) is 4.98 Å². The Bertz CT molecular complexity index is 985. The number of aryl methyl sites for hydroxylation is 2. The summed E-state index contributed by atoms with van der Waals surface area (Å²) in [7, 11) is 0. The number of nitrogens with zero attached hydrogens (tertiary/aromatic N) is 3. The number of hydrogen-bond acceptors (Lipinski definition) is 2. The number of hydrogen-bond donors (Lipinski definition) is 0. The van der Waals surface area contributed by atoms with Crippen LogP contribution < -0.4 is 0 Å². The molecule has 132 valence electrons. The normalized spacial score (nSPS) is 15.3. The minimum Gasteiger partial charge on any atom is -0.323 e. The quantitative estimate of drug-likeness (QED) is 0.619. The molecule has 0 bridgehead atoms. The summed E-state index contributed by atoms with van der Waals surface area (Å²) >= 11 is 0. The molecule has 0 N–H and O–H groups in total. The van der Waals surface area contributed by atoms with Crippen molar-refractivity contribution >= 4 is 11.0 Å². The molecule has 1 aliphatic rings. The summed E-state index contributed by atoms with van der Waals surface area (Å²) in [4.78, 5) is 5.07. The highest BCUT2D eigenvalue weighted by molar-refractivity contribution is 5.78. The molecule has 0 aliphatic heterocycles. The van der Waals surface area contributed by atoms with Crippen molar-refractivity contribution in [3.63, 3.8) is 0 Å². The van der Waals surface area contributed by atoms with E-state index in [1.165, 1.54) is 60.1 Å². The zero-order valence-corrected chi connectivity index (χ0v) is 15.6. The Labute approximate surface area is 155 Å². The van der Waals surface area contributed by atoms with Gasteiger partial charge in [0.2, 0.25) is 0 Å². The van der Waals surface area contributed by atoms with E-state index in [1.807, 2.05) is 18.2 Å². The van der Waals surface area contributed by atoms with Crippen molar-refractivity contribution in [2.45, 2.75) is 58.4 Å². The van der Waals surface area contributed by atoms with Gasteiger partial charge in [-0.15, -0.1) is 0 Å². The van der Waals surface area contributed by atoms with Crippen molar-refractivity contribution < 1.29 is 0 Å². The van der Waals surface area contributed by atoms with E-state index < -0.39 is 0 Å². The molecule has 3 heteroatoms. The van der Waals surface area contributed by atoms with Crippen molar-refractivity contribution in [3.05, 3.63) is 64.5 Å². The Hall–Kier alpha value is -2.60. The second kappa shape index (κ2) is 6.96. The first-order valence-corrected chi connectivity index (χ1v) is 9.62. The first-order chi connectivity index (χ1) is 12.7. The molecule has 0 radical (unpaired) electrons. The highest BCUT2D eigenvalue weighted by Crippen LogP contribution is 2.35. The van der Waals surface area contributed by atoms with E-state index in [1.54, 1.807) is 0 Å². The number of rotatable bonds is 3. The molecule has 1 saturated carbocycles. The third kappa shape index (κ3) is 3.12. The highest BCUT2D eigenvalue weighted by Gasteiger charge is 2.23. The van der Waals surface area contributed by atoms with E-state index in [0.29, 0.717) is 5.92 Å². The van der Waals surface area contributed by atoms with E-state index in [9.17, 15) is 5.26 Å². The molecule has 3 aromatic rings. The fourth-order valence-electron chi connectivity index (χ4n) is 4.16. The van der Waals surface area contributed by atoms with Crippen LogP contribution in [0.1, 0.15) is 66.1 Å². The third-order valence-corrected chi connectivity index (χ3v) is 5.76. The summed E-state index contributed by atoms with van der Waals surface area (Å²) < 4.78 is 2.40. The summed E-state index contributed by atoms with van der Waals surface area (Å²) in [6, 6.07) is 14.7. The number of fused-ring (bicyclic) bond motifs is 1. The highest BCUT2D eigenvalue weighted by atomic mass is 15.1. The monoisotopic (exact) mass is 343 g/mol. The lowest BCUT2D eigenvalue weighted by molar-refractivity contribution is 0.420. The van der Waals surface area contributed by atoms with Crippen LogP contribution in [-0.2, 0) is 6.54 Å². The standard InChI is InChI=1S/C23H25N3/c1-16-11-21-22(12-17(16)2)26(15-19-8-6-7-18(13-19)14-24)23(25-21)20-9-4-3-5-10-20/h6-8,11-13,20H,3-5,9-10,15H2,1-2H3. The summed E-state index contributed by atoms with van der Waals surface area (Å²) in [5.41, 5.74) is 6.81. The van der Waals surface area contributed by atoms with Gasteiger partial charge < -0.3 is 4.57 Å². The third-order valence-electron chi connectivity index (χ3n) is 5.76. The van der Waals surface area contributed by atoms with Crippen molar-refractivity contribution in [3.8, 4) is 6.07 Å². The molecule has 26 heavy (non-hydrogen) atoms. The lowest BCUT2D eigenvalue weighted by Crippen LogP contribution is -2.13. The van der Waals surface area contributed by atoms with Crippen LogP contribution in [0, 0.1) is 25.2 Å². The Morgan fingerprint density at radius 2 is 1.85 bits per heavy atom. The average Bonchev–Trinajstić information content (AvgIpc) is 3.00. The van der Waals surface area contributed by atoms with Gasteiger partial charge in [-0.05, 0) is 67.6 Å². The fourth-order valence-corrected chi connectivity index (χ4v) is 4.16. The first-order valence-electron chi connectivity index (χ1n) is 9.62. The van der Waals surface area contributed by atoms with Gasteiger partial charge in [0.25, 0.3) is 0 Å². The molecular weight excluding hydrogens is 318 g/mol. The predicted molar refractivity (Wildman–Crippen MR) is 105 cm³/mol. The van der Waals surface area contributed by atoms with Gasteiger partial charge >= 0.3 is 0 Å². The topological polar surface area (TPSA) is 41.6 Å². The largest absolute Gasteiger partial charge is 0.323 e. The molecule has 0 atom stereocenters. The van der Waals surface area contributed by atoms with Gasteiger partial charge in [0, 0.05) is 12.5 Å². The van der Waals surface area contributed by atoms with Crippen LogP contribution in [0.25, 0.3) is 11.0 Å². The maximum Gasteiger partial charge on any atom is 0.113 e. The molecule has 2 aromatic carbocycles. The number of benzene rings is 2. The molecule has 0 unspecified atom stereocenters. The first kappa shape index (κ1) is 16.8. The van der Waals surface area contributed by atoms with Crippen molar-refractivity contribution in [2.75, 3.05) is 0 Å². The Balaban J connectivity index is 1.83. The van der Waals surface area contributed by atoms with Crippen LogP contribution >= 0.6 is 0 Å². The average molecular weight is 343 g/mol. The summed E-state index contributed by atoms with van der Waals surface area (Å²) in [5, 5.41) is 9.22. The zero-order chi connectivity index (χ0) is 18.1. The van der Waals surface area contributed by atoms with E-state index in [2.05, 4.69) is 42.7 Å². The summed E-state index contributed by atoms with van der Waals surface area (Å²) in [5.74, 6) is 1.78. The van der Waals surface area contributed by atoms with Crippen LogP contribution in [-0.4, -0.2) is 9.55 Å². The van der Waals surface area contributed by atoms with E-state index in [-0.39, 0.29) is 0 Å². The van der Waals surface area contributed by atoms with Crippen LogP contribution in [0.3, 0.4) is 0 Å². The fraction of sp³-hybridized carbons (Fsp3) is 0.391. The van der Waals surface area contributed by atoms with Crippen molar-refractivity contribution in [1.82, 2.24) is 9.55 Å². The SMILES string of the molecule is Cc1cc2nc(C3CCCCC3)n(Cc3cccc(C#N)c3)c2cc1C. The van der Waals surface area contributed by atoms with Crippen LogP contribution in [0.4, 0.5) is 0 Å². The molecule has 4 rings (SSSR count). The molecule has 1 aromatic heterocycles. The Morgan fingerprint density at radius 1 is 1.08 bits per heavy atom. The Kier molecular flexibility index (Phi) is 4.51. The van der Waals surface area contributed by atoms with Crippen LogP contribution in [0.5, 0.6) is 0 Å². The van der Waals surface area contributed by atoms with E-state index in [4.69, 9.17) is 4.98 Å². The van der Waals surface area contributed by atoms with Gasteiger partial charge in [-0.1, -0.05) is 31.4 Å². The zero-order valence-electron chi connectivity index (χ0n) is 15.6. The second-order valence-corrected chi connectivity index (χ2v) is 7.63. The second-order valence-electron chi connectivity index (χ2n) is 7.63. The minimum absolute atomic E-state index is 0.552. The molecule has 0 spiro atoms. The van der Waals surface area contributed by atoms with Gasteiger partial charge in [0.05, 0.1) is 22.7 Å². The van der Waals surface area contributed by atoms with Gasteiger partial charge in [0.1, 0.15) is 5.82 Å². The molecule has 1 heterocycles. The smallest absolute Gasteiger partial charge is 0.113 e. The van der Waals surface area contributed by atoms with E-state index in [0.717, 1.165) is 17.6 Å². The maximum absolute atomic E-state index is 9.22. The lowest BCUT2D eigenvalue weighted by atomic mass is 9.88. The summed E-state index contributed by atoms with van der Waals surface area (Å²) in [6.45, 7) is 5.10. The predicted octanol–water partition coefficient (Wildman–Crippen LogP) is 5.62. The maximum atomic E-state index is 9.22. The number of imidazole rings is 1. The molecule has 1 fully saturated rings. The molecule has 0 saturated heterocycles. The van der Waals surface area contributed by atoms with E-state index >= 15 is 0 Å². The van der Waals surface area contributed by atoms with Crippen molar-refractivity contribution in [2.24, 2.45) is 0 Å². The van der Waals surface area contributed by atoms with Crippen molar-refractivity contribution in [1.29, 1.82) is 5.26 Å². The molecule has 3 nitrogen and oxygen atoms in total. The Morgan fingerprint density at radius 3 is 2.62 bits per heavy atom. The van der Waals surface area contributed by atoms with Gasteiger partial charge in [-0.3, -0.25) is 0 Å². The number of nitriles is 1. The summed E-state index contributed by atoms with van der Waals surface area (Å²) in [6.07, 6.45) is 6.42. The minimum atomic E-state index is 0.552. The molecule has 1 aliphatic carbocycles. The number of aromatic nitrogens is 2. The molecule has 0 amide bonds. The van der Waals surface area contributed by atoms with Gasteiger partial charge in [-0.2, -0.15) is 5.26 Å². The molecular formula is C23H25N3. The van der Waals surface area contributed by atoms with Crippen LogP contribution in [0.15, 0.2) is 36.4 Å². The lowest BCUT2D eigenvalue weighted by Gasteiger charge is -2.22. The van der Waals surface area contributed by atoms with Crippen LogP contribution in [0.2, 0.25) is 0 Å². The van der Waals surface area contributed by atoms with Gasteiger partial charge in [0.15, 0.2) is 0 Å².